The van der Waals surface area contributed by atoms with Crippen molar-refractivity contribution in [2.75, 3.05) is 25.5 Å². The van der Waals surface area contributed by atoms with Crippen LogP contribution in [0, 0.1) is 12.8 Å². The van der Waals surface area contributed by atoms with Gasteiger partial charge in [-0.2, -0.15) is 0 Å². The van der Waals surface area contributed by atoms with Crippen molar-refractivity contribution in [2.24, 2.45) is 5.73 Å². The molecule has 1 aliphatic carbocycles. The highest BCUT2D eigenvalue weighted by Crippen LogP contribution is 2.31. The molecule has 294 valence electrons. The number of nitrogens with one attached hydrogen (secondary N) is 4. The van der Waals surface area contributed by atoms with Crippen LogP contribution in [0.2, 0.25) is 0 Å². The molecule has 7 N–H and O–H groups in total. The van der Waals surface area contributed by atoms with Crippen LogP contribution in [0.5, 0.6) is 0 Å². The number of pyridine rings is 1. The number of aromatic amines is 1. The molecule has 2 atom stereocenters. The number of hydroxylamine groups is 1. The van der Waals surface area contributed by atoms with E-state index in [1.54, 1.807) is 10.5 Å². The number of methoxy groups -OCH3 is 1. The number of hydrogen-bond acceptors (Lipinski definition) is 11. The summed E-state index contributed by atoms with van der Waals surface area (Å²) in [5.41, 5.74) is 7.63. The number of hydrogen-bond donors (Lipinski definition) is 6. The standard InChI is InChI=1S/C36H39N7O6S.C2H5NO.C2H2/c1-48-36(47)42-35-40-28-18-16-26(20-30(28)41-35)50-43(49-25-12-6-7-13-25)22-32(44)31(19-23-9-3-2-4-10-23)39-33(45)21-37-34(46)29-17-15-24-11-5-8-14-27(24)38-29;1-2(3)4;1-2/h2-5,8-11,14-18,20,25,31-32,44H,6-7,12-13,19,21-22H2,1H3,(H,37,46)(H,39,45)(H2,40,41,42,47);1H3,(H2,3,4);1-2H/t31?,32-;;/m1../s1. The number of aromatic nitrogens is 3. The molecule has 1 unspecified atom stereocenters. The molecule has 2 aromatic heterocycles. The van der Waals surface area contributed by atoms with Crippen molar-refractivity contribution in [1.29, 1.82) is 0 Å². The monoisotopic (exact) mass is 782 g/mol. The molecule has 56 heavy (non-hydrogen) atoms. The molecule has 1 fully saturated rings. The van der Waals surface area contributed by atoms with Crippen LogP contribution >= 0.6 is 11.9 Å². The Balaban J connectivity index is 0.00000109. The summed E-state index contributed by atoms with van der Waals surface area (Å²) in [6.45, 7) is 1.09. The first-order valence-corrected chi connectivity index (χ1v) is 18.6. The number of amides is 4. The van der Waals surface area contributed by atoms with Crippen molar-refractivity contribution in [3.8, 4) is 12.8 Å². The van der Waals surface area contributed by atoms with E-state index in [0.717, 1.165) is 41.5 Å². The second kappa shape index (κ2) is 21.8. The minimum atomic E-state index is -1.04. The van der Waals surface area contributed by atoms with Gasteiger partial charge in [-0.3, -0.25) is 24.5 Å². The number of anilines is 1. The third-order valence-electron chi connectivity index (χ3n) is 8.32. The number of H-pyrrole nitrogens is 1. The number of fused-ring (bicyclic) bond motifs is 2. The van der Waals surface area contributed by atoms with E-state index in [1.807, 2.05) is 78.9 Å². The van der Waals surface area contributed by atoms with E-state index in [2.05, 4.69) is 54.2 Å². The lowest BCUT2D eigenvalue weighted by atomic mass is 10.0. The first kappa shape index (κ1) is 42.7. The Morgan fingerprint density at radius 2 is 1.68 bits per heavy atom. The molecular formula is C40H46N8O7S. The third kappa shape index (κ3) is 13.4. The highest BCUT2D eigenvalue weighted by Gasteiger charge is 2.28. The van der Waals surface area contributed by atoms with Gasteiger partial charge in [-0.25, -0.2) is 14.8 Å². The van der Waals surface area contributed by atoms with Crippen LogP contribution in [0.3, 0.4) is 0 Å². The number of imidazole rings is 1. The van der Waals surface area contributed by atoms with E-state index in [1.165, 1.54) is 26.0 Å². The lowest BCUT2D eigenvalue weighted by Crippen LogP contribution is -2.51. The number of nitrogens with two attached hydrogens (primary N) is 1. The molecule has 3 aromatic carbocycles. The molecule has 15 nitrogen and oxygen atoms in total. The number of terminal acetylenes is 1. The van der Waals surface area contributed by atoms with Gasteiger partial charge in [0.1, 0.15) is 5.69 Å². The van der Waals surface area contributed by atoms with Gasteiger partial charge >= 0.3 is 6.09 Å². The van der Waals surface area contributed by atoms with E-state index in [4.69, 9.17) is 4.84 Å². The van der Waals surface area contributed by atoms with E-state index in [9.17, 15) is 24.3 Å². The second-order valence-electron chi connectivity index (χ2n) is 12.6. The SMILES string of the molecule is C#C.CC(N)=O.COC(=O)Nc1nc2ccc(SN(C[C@@H](O)C(Cc3ccccc3)NC(=O)CNC(=O)c3ccc4ccccc4n3)OC3CCCC3)cc2[nH]1. The number of carbonyl (C=O) groups excluding carboxylic acids is 4. The van der Waals surface area contributed by atoms with Gasteiger partial charge in [-0.15, -0.1) is 17.3 Å². The number of ether oxygens (including phenoxy) is 1. The Morgan fingerprint density at radius 3 is 2.39 bits per heavy atom. The third-order valence-corrected chi connectivity index (χ3v) is 9.22. The number of primary amides is 1. The van der Waals surface area contributed by atoms with Gasteiger partial charge in [0, 0.05) is 17.2 Å². The van der Waals surface area contributed by atoms with Crippen molar-refractivity contribution in [2.45, 2.75) is 62.2 Å². The molecule has 5 aromatic rings. The Labute approximate surface area is 329 Å². The number of carbonyl (C=O) groups is 4. The van der Waals surface area contributed by atoms with Crippen molar-refractivity contribution in [3.63, 3.8) is 0 Å². The number of aliphatic hydroxyl groups is 1. The fourth-order valence-corrected chi connectivity index (χ4v) is 6.69. The molecule has 4 amide bonds. The summed E-state index contributed by atoms with van der Waals surface area (Å²) in [7, 11) is 1.28. The second-order valence-corrected chi connectivity index (χ2v) is 13.7. The van der Waals surface area contributed by atoms with Gasteiger partial charge in [0.15, 0.2) is 0 Å². The summed E-state index contributed by atoms with van der Waals surface area (Å²) in [5.74, 6) is -0.996. The zero-order valence-corrected chi connectivity index (χ0v) is 32.0. The molecule has 1 saturated carbocycles. The maximum absolute atomic E-state index is 13.2. The number of rotatable bonds is 14. The van der Waals surface area contributed by atoms with Crippen molar-refractivity contribution in [3.05, 3.63) is 96.2 Å². The van der Waals surface area contributed by atoms with Crippen LogP contribution < -0.4 is 21.7 Å². The average Bonchev–Trinajstić information content (AvgIpc) is 3.86. The lowest BCUT2D eigenvalue weighted by molar-refractivity contribution is -0.139. The average molecular weight is 783 g/mol. The van der Waals surface area contributed by atoms with Crippen molar-refractivity contribution < 1.29 is 33.9 Å². The predicted octanol–water partition coefficient (Wildman–Crippen LogP) is 4.73. The summed E-state index contributed by atoms with van der Waals surface area (Å²) in [5, 5.41) is 20.7. The minimum Gasteiger partial charge on any atom is -0.453 e. The van der Waals surface area contributed by atoms with Crippen LogP contribution in [0.25, 0.3) is 21.9 Å². The minimum absolute atomic E-state index is 0.00235. The van der Waals surface area contributed by atoms with Gasteiger partial charge in [0.05, 0.1) is 55.0 Å². The largest absolute Gasteiger partial charge is 0.453 e. The van der Waals surface area contributed by atoms with E-state index in [0.29, 0.717) is 23.0 Å². The molecule has 16 heteroatoms. The highest BCUT2D eigenvalue weighted by atomic mass is 32.2. The van der Waals surface area contributed by atoms with E-state index < -0.39 is 30.1 Å². The predicted molar refractivity (Wildman–Crippen MR) is 215 cm³/mol. The van der Waals surface area contributed by atoms with Gasteiger partial charge in [-0.05, 0) is 67.1 Å². The first-order chi connectivity index (χ1) is 27.1. The summed E-state index contributed by atoms with van der Waals surface area (Å²) in [6, 6.07) is 25.4. The van der Waals surface area contributed by atoms with Gasteiger partial charge in [0.25, 0.3) is 5.91 Å². The first-order valence-electron chi connectivity index (χ1n) is 17.8. The van der Waals surface area contributed by atoms with Gasteiger partial charge in [-0.1, -0.05) is 67.4 Å². The zero-order valence-electron chi connectivity index (χ0n) is 31.1. The Kier molecular flexibility index (Phi) is 16.6. The van der Waals surface area contributed by atoms with Crippen molar-refractivity contribution >= 4 is 63.6 Å². The fraction of sp³-hybridized carbons (Fsp3) is 0.300. The molecule has 1 aliphatic rings. The number of aliphatic hydroxyl groups excluding tert-OH is 1. The molecule has 6 rings (SSSR count). The highest BCUT2D eigenvalue weighted by molar-refractivity contribution is 7.97. The van der Waals surface area contributed by atoms with E-state index >= 15 is 0 Å². The topological polar surface area (TPSA) is 214 Å². The summed E-state index contributed by atoms with van der Waals surface area (Å²) in [6.07, 6.45) is 10.6. The number of benzene rings is 3. The summed E-state index contributed by atoms with van der Waals surface area (Å²) >= 11 is 1.32. The van der Waals surface area contributed by atoms with Gasteiger partial charge < -0.3 is 31.2 Å². The quantitative estimate of drug-likeness (QED) is 0.0515. The van der Waals surface area contributed by atoms with Crippen LogP contribution in [-0.4, -0.2) is 86.8 Å². The molecule has 0 radical (unpaired) electrons. The molecule has 0 aliphatic heterocycles. The van der Waals surface area contributed by atoms with Crippen LogP contribution in [0.15, 0.2) is 89.8 Å². The maximum atomic E-state index is 13.2. The smallest absolute Gasteiger partial charge is 0.413 e. The summed E-state index contributed by atoms with van der Waals surface area (Å²) in [4.78, 5) is 66.0. The van der Waals surface area contributed by atoms with Crippen molar-refractivity contribution in [1.82, 2.24) is 30.1 Å². The fourth-order valence-electron chi connectivity index (χ4n) is 5.76. The van der Waals surface area contributed by atoms with Crippen LogP contribution in [-0.2, 0) is 25.6 Å². The maximum Gasteiger partial charge on any atom is 0.413 e. The Hall–Kier alpha value is -5.99. The van der Waals surface area contributed by atoms with Gasteiger partial charge in [0.2, 0.25) is 17.8 Å². The summed E-state index contributed by atoms with van der Waals surface area (Å²) < 4.78 is 6.32. The van der Waals surface area contributed by atoms with E-state index in [-0.39, 0.29) is 36.7 Å². The molecule has 0 spiro atoms. The van der Waals surface area contributed by atoms with Crippen LogP contribution in [0.4, 0.5) is 10.7 Å². The lowest BCUT2D eigenvalue weighted by Gasteiger charge is -2.30. The normalized spacial score (nSPS) is 13.4. The molecule has 0 saturated heterocycles. The molecule has 0 bridgehead atoms. The number of nitrogens with zero attached hydrogens (tertiary/aromatic N) is 3. The number of para-hydroxylation sites is 1. The zero-order chi connectivity index (χ0) is 40.5. The Bertz CT molecular complexity index is 2080. The van der Waals surface area contributed by atoms with Crippen LogP contribution in [0.1, 0.15) is 48.7 Å². The molecular weight excluding hydrogens is 737 g/mol. The Morgan fingerprint density at radius 1 is 0.982 bits per heavy atom. The molecule has 2 heterocycles.